The number of methoxy groups -OCH3 is 1. The molecule has 6 nitrogen and oxygen atoms in total. The summed E-state index contributed by atoms with van der Waals surface area (Å²) in [4.78, 5) is 11.0. The minimum atomic E-state index is -3.51. The van der Waals surface area contributed by atoms with Gasteiger partial charge >= 0.3 is 5.97 Å². The van der Waals surface area contributed by atoms with Crippen molar-refractivity contribution < 1.29 is 22.7 Å². The highest BCUT2D eigenvalue weighted by Gasteiger charge is 2.20. The average molecular weight is 253 g/mol. The lowest BCUT2D eigenvalue weighted by molar-refractivity contribution is -0.142. The summed E-state index contributed by atoms with van der Waals surface area (Å²) in [6.07, 6.45) is -0.0202. The second-order valence-electron chi connectivity index (χ2n) is 3.60. The van der Waals surface area contributed by atoms with Gasteiger partial charge in [-0.15, -0.1) is 0 Å². The first-order valence-electron chi connectivity index (χ1n) is 4.98. The van der Waals surface area contributed by atoms with Crippen molar-refractivity contribution in [1.29, 1.82) is 0 Å². The van der Waals surface area contributed by atoms with Crippen LogP contribution < -0.4 is 4.72 Å². The van der Waals surface area contributed by atoms with Crippen molar-refractivity contribution in [2.75, 3.05) is 19.5 Å². The van der Waals surface area contributed by atoms with E-state index in [0.29, 0.717) is 0 Å². The van der Waals surface area contributed by atoms with E-state index in [2.05, 4.69) is 9.46 Å². The van der Waals surface area contributed by atoms with Crippen LogP contribution in [0.15, 0.2) is 0 Å². The lowest BCUT2D eigenvalue weighted by atomic mass is 10.4. The average Bonchev–Trinajstić information content (AvgIpc) is 2.14. The van der Waals surface area contributed by atoms with Gasteiger partial charge in [-0.2, -0.15) is 0 Å². The highest BCUT2D eigenvalue weighted by Crippen LogP contribution is 1.94. The summed E-state index contributed by atoms with van der Waals surface area (Å²) in [5.74, 6) is -0.791. The first-order valence-corrected chi connectivity index (χ1v) is 6.63. The van der Waals surface area contributed by atoms with Crippen molar-refractivity contribution in [3.63, 3.8) is 0 Å². The summed E-state index contributed by atoms with van der Waals surface area (Å²) in [6, 6.07) is -0.881. The Bertz CT molecular complexity index is 312. The van der Waals surface area contributed by atoms with Crippen LogP contribution in [-0.4, -0.2) is 46.0 Å². The van der Waals surface area contributed by atoms with Crippen LogP contribution in [0.25, 0.3) is 0 Å². The third kappa shape index (κ3) is 6.76. The molecule has 0 bridgehead atoms. The summed E-state index contributed by atoms with van der Waals surface area (Å²) >= 11 is 0. The van der Waals surface area contributed by atoms with Crippen LogP contribution in [0.2, 0.25) is 0 Å². The zero-order valence-electron chi connectivity index (χ0n) is 10.0. The molecule has 0 spiro atoms. The Morgan fingerprint density at radius 3 is 2.31 bits per heavy atom. The summed E-state index contributed by atoms with van der Waals surface area (Å²) in [5, 5.41) is 0. The van der Waals surface area contributed by atoms with E-state index in [4.69, 9.17) is 4.74 Å². The minimum absolute atomic E-state index is 0.0202. The van der Waals surface area contributed by atoms with Crippen molar-refractivity contribution in [2.45, 2.75) is 32.9 Å². The predicted molar refractivity (Wildman–Crippen MR) is 59.5 cm³/mol. The molecule has 0 saturated carbocycles. The van der Waals surface area contributed by atoms with Gasteiger partial charge in [0.15, 0.2) is 0 Å². The summed E-state index contributed by atoms with van der Waals surface area (Å²) < 4.78 is 34.6. The van der Waals surface area contributed by atoms with Crippen molar-refractivity contribution in [3.8, 4) is 0 Å². The number of ether oxygens (including phenoxy) is 2. The van der Waals surface area contributed by atoms with Crippen LogP contribution in [0.1, 0.15) is 20.8 Å². The van der Waals surface area contributed by atoms with Gasteiger partial charge in [0.25, 0.3) is 0 Å². The quantitative estimate of drug-likeness (QED) is 0.640. The molecule has 0 aliphatic carbocycles. The first-order chi connectivity index (χ1) is 7.28. The number of carbonyl (C=O) groups is 1. The highest BCUT2D eigenvalue weighted by atomic mass is 32.2. The van der Waals surface area contributed by atoms with E-state index in [1.54, 1.807) is 0 Å². The Kier molecular flexibility index (Phi) is 6.54. The normalized spacial score (nSPS) is 13.8. The topological polar surface area (TPSA) is 81.7 Å². The molecule has 7 heteroatoms. The predicted octanol–water partition coefficient (Wildman–Crippen LogP) is -0.108. The van der Waals surface area contributed by atoms with Crippen LogP contribution in [0.5, 0.6) is 0 Å². The number of hydrogen-bond acceptors (Lipinski definition) is 5. The van der Waals surface area contributed by atoms with Gasteiger partial charge in [0.05, 0.1) is 25.6 Å². The SMILES string of the molecule is COC(=O)C(C)NS(=O)(=O)CCOC(C)C. The Morgan fingerprint density at radius 2 is 1.88 bits per heavy atom. The van der Waals surface area contributed by atoms with E-state index in [0.717, 1.165) is 0 Å². The Labute approximate surface area is 96.4 Å². The summed E-state index contributed by atoms with van der Waals surface area (Å²) in [7, 11) is -2.30. The number of nitrogens with one attached hydrogen (secondary N) is 1. The van der Waals surface area contributed by atoms with Crippen molar-refractivity contribution >= 4 is 16.0 Å². The molecular formula is C9H19NO5S. The van der Waals surface area contributed by atoms with Gasteiger partial charge in [-0.25, -0.2) is 13.1 Å². The van der Waals surface area contributed by atoms with Crippen LogP contribution in [0.4, 0.5) is 0 Å². The van der Waals surface area contributed by atoms with Crippen LogP contribution >= 0.6 is 0 Å². The Hall–Kier alpha value is -0.660. The number of hydrogen-bond donors (Lipinski definition) is 1. The molecule has 16 heavy (non-hydrogen) atoms. The lowest BCUT2D eigenvalue weighted by Gasteiger charge is -2.12. The fourth-order valence-corrected chi connectivity index (χ4v) is 2.02. The van der Waals surface area contributed by atoms with Crippen LogP contribution in [0.3, 0.4) is 0 Å². The van der Waals surface area contributed by atoms with Gasteiger partial charge < -0.3 is 9.47 Å². The molecule has 0 aliphatic rings. The molecule has 96 valence electrons. The maximum Gasteiger partial charge on any atom is 0.323 e. The van der Waals surface area contributed by atoms with Gasteiger partial charge in [0, 0.05) is 0 Å². The second kappa shape index (κ2) is 6.82. The number of esters is 1. The maximum atomic E-state index is 11.4. The molecule has 1 unspecified atom stereocenters. The highest BCUT2D eigenvalue weighted by molar-refractivity contribution is 7.89. The molecule has 0 aromatic carbocycles. The molecule has 1 N–H and O–H groups in total. The van der Waals surface area contributed by atoms with E-state index in [-0.39, 0.29) is 18.5 Å². The van der Waals surface area contributed by atoms with Crippen molar-refractivity contribution in [3.05, 3.63) is 0 Å². The molecule has 1 atom stereocenters. The van der Waals surface area contributed by atoms with Gasteiger partial charge in [-0.1, -0.05) is 0 Å². The van der Waals surface area contributed by atoms with Gasteiger partial charge in [-0.3, -0.25) is 4.79 Å². The molecule has 0 amide bonds. The third-order valence-corrected chi connectivity index (χ3v) is 3.13. The van der Waals surface area contributed by atoms with Crippen LogP contribution in [-0.2, 0) is 24.3 Å². The Balaban J connectivity index is 4.10. The standard InChI is InChI=1S/C9H19NO5S/c1-7(2)15-5-6-16(12,13)10-8(3)9(11)14-4/h7-8,10H,5-6H2,1-4H3. The molecular weight excluding hydrogens is 234 g/mol. The van der Waals surface area contributed by atoms with E-state index in [1.165, 1.54) is 14.0 Å². The molecule has 0 fully saturated rings. The zero-order valence-corrected chi connectivity index (χ0v) is 10.8. The van der Waals surface area contributed by atoms with E-state index < -0.39 is 22.0 Å². The molecule has 0 aliphatic heterocycles. The maximum absolute atomic E-state index is 11.4. The zero-order chi connectivity index (χ0) is 12.8. The lowest BCUT2D eigenvalue weighted by Crippen LogP contribution is -2.41. The summed E-state index contributed by atoms with van der Waals surface area (Å²) in [5.41, 5.74) is 0. The smallest absolute Gasteiger partial charge is 0.323 e. The summed E-state index contributed by atoms with van der Waals surface area (Å²) in [6.45, 7) is 5.15. The molecule has 0 saturated heterocycles. The number of sulfonamides is 1. The fourth-order valence-electron chi connectivity index (χ4n) is 0.947. The molecule has 0 aromatic heterocycles. The van der Waals surface area contributed by atoms with Crippen molar-refractivity contribution in [2.24, 2.45) is 0 Å². The minimum Gasteiger partial charge on any atom is -0.468 e. The second-order valence-corrected chi connectivity index (χ2v) is 5.47. The fraction of sp³-hybridized carbons (Fsp3) is 0.889. The van der Waals surface area contributed by atoms with Gasteiger partial charge in [0.1, 0.15) is 6.04 Å². The van der Waals surface area contributed by atoms with E-state index in [1.807, 2.05) is 13.8 Å². The van der Waals surface area contributed by atoms with Gasteiger partial charge in [0.2, 0.25) is 10.0 Å². The van der Waals surface area contributed by atoms with E-state index in [9.17, 15) is 13.2 Å². The Morgan fingerprint density at radius 1 is 1.31 bits per heavy atom. The largest absolute Gasteiger partial charge is 0.468 e. The number of rotatable bonds is 7. The third-order valence-electron chi connectivity index (χ3n) is 1.71. The molecule has 0 aromatic rings. The monoisotopic (exact) mass is 253 g/mol. The van der Waals surface area contributed by atoms with Gasteiger partial charge in [-0.05, 0) is 20.8 Å². The van der Waals surface area contributed by atoms with Crippen LogP contribution in [0, 0.1) is 0 Å². The number of carbonyl (C=O) groups excluding carboxylic acids is 1. The first kappa shape index (κ1) is 15.3. The van der Waals surface area contributed by atoms with E-state index >= 15 is 0 Å². The molecule has 0 rings (SSSR count). The van der Waals surface area contributed by atoms with Crippen molar-refractivity contribution in [1.82, 2.24) is 4.72 Å². The molecule has 0 heterocycles. The molecule has 0 radical (unpaired) electrons.